The van der Waals surface area contributed by atoms with Crippen molar-refractivity contribution in [1.29, 1.82) is 0 Å². The van der Waals surface area contributed by atoms with Crippen LogP contribution in [0.2, 0.25) is 5.02 Å². The summed E-state index contributed by atoms with van der Waals surface area (Å²) in [6, 6.07) is 16.0. The third-order valence-corrected chi connectivity index (χ3v) is 6.15. The van der Waals surface area contributed by atoms with Crippen LogP contribution in [0.3, 0.4) is 0 Å². The second-order valence-corrected chi connectivity index (χ2v) is 8.10. The highest BCUT2D eigenvalue weighted by atomic mass is 35.5. The van der Waals surface area contributed by atoms with Crippen LogP contribution in [0.1, 0.15) is 16.8 Å². The molecule has 162 valence electrons. The van der Waals surface area contributed by atoms with Crippen LogP contribution in [0.15, 0.2) is 54.6 Å². The molecule has 2 aliphatic rings. The van der Waals surface area contributed by atoms with Gasteiger partial charge in [0.05, 0.1) is 17.0 Å². The Bertz CT molecular complexity index is 960. The van der Waals surface area contributed by atoms with Crippen molar-refractivity contribution in [3.63, 3.8) is 0 Å². The number of halogens is 1. The van der Waals surface area contributed by atoms with E-state index in [1.807, 2.05) is 18.2 Å². The van der Waals surface area contributed by atoms with Gasteiger partial charge in [0, 0.05) is 45.0 Å². The predicted molar refractivity (Wildman–Crippen MR) is 119 cm³/mol. The Kier molecular flexibility index (Phi) is 6.42. The van der Waals surface area contributed by atoms with Crippen LogP contribution in [0.5, 0.6) is 0 Å². The number of carbonyl (C=O) groups excluding carboxylic acids is 3. The topological polar surface area (TPSA) is 73.0 Å². The molecule has 2 aliphatic heterocycles. The third kappa shape index (κ3) is 4.66. The van der Waals surface area contributed by atoms with Gasteiger partial charge < -0.3 is 20.0 Å². The largest absolute Gasteiger partial charge is 0.368 e. The quantitative estimate of drug-likeness (QED) is 0.789. The van der Waals surface area contributed by atoms with Crippen LogP contribution >= 0.6 is 11.6 Å². The van der Waals surface area contributed by atoms with Gasteiger partial charge in [-0.25, -0.2) is 0 Å². The molecule has 0 spiro atoms. The molecule has 4 rings (SSSR count). The molecule has 2 aromatic carbocycles. The smallest absolute Gasteiger partial charge is 0.256 e. The number of amides is 3. The van der Waals surface area contributed by atoms with Crippen LogP contribution in [0, 0.1) is 0 Å². The summed E-state index contributed by atoms with van der Waals surface area (Å²) in [4.78, 5) is 44.1. The Hall–Kier alpha value is -3.06. The molecule has 2 fully saturated rings. The van der Waals surface area contributed by atoms with E-state index in [2.05, 4.69) is 22.3 Å². The fraction of sp³-hybridized carbons (Fsp3) is 0.348. The van der Waals surface area contributed by atoms with Gasteiger partial charge in [-0.1, -0.05) is 41.9 Å². The van der Waals surface area contributed by atoms with E-state index >= 15 is 0 Å². The Morgan fingerprint density at radius 2 is 1.61 bits per heavy atom. The third-order valence-electron chi connectivity index (χ3n) is 5.82. The van der Waals surface area contributed by atoms with Crippen molar-refractivity contribution < 1.29 is 14.4 Å². The zero-order valence-corrected chi connectivity index (χ0v) is 17.9. The van der Waals surface area contributed by atoms with E-state index in [9.17, 15) is 14.4 Å². The Labute approximate surface area is 186 Å². The molecule has 0 radical (unpaired) electrons. The lowest BCUT2D eigenvalue weighted by molar-refractivity contribution is -0.138. The average molecular weight is 441 g/mol. The molecule has 31 heavy (non-hydrogen) atoms. The molecule has 0 aliphatic carbocycles. The summed E-state index contributed by atoms with van der Waals surface area (Å²) in [5.74, 6) is -0.748. The van der Waals surface area contributed by atoms with E-state index in [1.165, 1.54) is 4.90 Å². The van der Waals surface area contributed by atoms with Gasteiger partial charge in [0.1, 0.15) is 6.04 Å². The monoisotopic (exact) mass is 440 g/mol. The fourth-order valence-electron chi connectivity index (χ4n) is 4.10. The van der Waals surface area contributed by atoms with Crippen LogP contribution in [-0.2, 0) is 9.59 Å². The lowest BCUT2D eigenvalue weighted by Crippen LogP contribution is -2.59. The van der Waals surface area contributed by atoms with Crippen molar-refractivity contribution in [3.8, 4) is 0 Å². The fourth-order valence-corrected chi connectivity index (χ4v) is 4.31. The number of hydrogen-bond donors (Lipinski definition) is 1. The second-order valence-electron chi connectivity index (χ2n) is 7.69. The van der Waals surface area contributed by atoms with Gasteiger partial charge in [-0.15, -0.1) is 0 Å². The molecule has 0 aromatic heterocycles. The lowest BCUT2D eigenvalue weighted by Gasteiger charge is -2.39. The van der Waals surface area contributed by atoms with Gasteiger partial charge in [-0.05, 0) is 24.3 Å². The van der Waals surface area contributed by atoms with Crippen molar-refractivity contribution in [2.75, 3.05) is 44.2 Å². The summed E-state index contributed by atoms with van der Waals surface area (Å²) in [6.07, 6.45) is -0.0344. The van der Waals surface area contributed by atoms with Crippen LogP contribution in [0.4, 0.5) is 5.69 Å². The summed E-state index contributed by atoms with van der Waals surface area (Å²) in [7, 11) is 0. The van der Waals surface area contributed by atoms with Gasteiger partial charge >= 0.3 is 0 Å². The Morgan fingerprint density at radius 3 is 2.32 bits per heavy atom. The van der Waals surface area contributed by atoms with Crippen LogP contribution in [0.25, 0.3) is 0 Å². The van der Waals surface area contributed by atoms with Crippen molar-refractivity contribution in [2.45, 2.75) is 12.5 Å². The average Bonchev–Trinajstić information content (AvgIpc) is 2.81. The maximum absolute atomic E-state index is 13.1. The standard InChI is InChI=1S/C23H25ClN4O3/c24-19-9-5-4-8-18(19)23(31)28-11-10-25-22(30)20(28)16-21(29)27-14-12-26(13-15-27)17-6-2-1-3-7-17/h1-9,20H,10-16H2,(H,25,30)/t20-/m0/s1. The summed E-state index contributed by atoms with van der Waals surface area (Å²) in [5, 5.41) is 3.11. The van der Waals surface area contributed by atoms with E-state index in [4.69, 9.17) is 11.6 Å². The van der Waals surface area contributed by atoms with E-state index in [0.29, 0.717) is 36.8 Å². The number of benzene rings is 2. The number of nitrogens with zero attached hydrogens (tertiary/aromatic N) is 3. The van der Waals surface area contributed by atoms with Gasteiger partial charge in [0.15, 0.2) is 0 Å². The highest BCUT2D eigenvalue weighted by Gasteiger charge is 2.37. The molecule has 0 bridgehead atoms. The van der Waals surface area contributed by atoms with Crippen molar-refractivity contribution in [1.82, 2.24) is 15.1 Å². The molecular formula is C23H25ClN4O3. The summed E-state index contributed by atoms with van der Waals surface area (Å²) < 4.78 is 0. The van der Waals surface area contributed by atoms with E-state index in [0.717, 1.165) is 18.8 Å². The molecular weight excluding hydrogens is 416 g/mol. The number of hydrogen-bond acceptors (Lipinski definition) is 4. The number of carbonyl (C=O) groups is 3. The molecule has 2 heterocycles. The summed E-state index contributed by atoms with van der Waals surface area (Å²) in [6.45, 7) is 3.33. The number of para-hydroxylation sites is 1. The SMILES string of the molecule is O=C1NCCN(C(=O)c2ccccc2Cl)[C@H]1CC(=O)N1CCN(c2ccccc2)CC1. The van der Waals surface area contributed by atoms with Gasteiger partial charge in [0.25, 0.3) is 5.91 Å². The lowest BCUT2D eigenvalue weighted by atomic mass is 10.0. The minimum absolute atomic E-state index is 0.0344. The second kappa shape index (κ2) is 9.39. The van der Waals surface area contributed by atoms with E-state index in [1.54, 1.807) is 29.2 Å². The number of rotatable bonds is 4. The zero-order valence-electron chi connectivity index (χ0n) is 17.2. The normalized spacial score (nSPS) is 19.2. The van der Waals surface area contributed by atoms with Gasteiger partial charge in [0.2, 0.25) is 11.8 Å². The summed E-state index contributed by atoms with van der Waals surface area (Å²) in [5.41, 5.74) is 1.48. The summed E-state index contributed by atoms with van der Waals surface area (Å²) >= 11 is 6.19. The van der Waals surface area contributed by atoms with Gasteiger partial charge in [-0.3, -0.25) is 14.4 Å². The predicted octanol–water partition coefficient (Wildman–Crippen LogP) is 2.02. The maximum Gasteiger partial charge on any atom is 0.256 e. The maximum atomic E-state index is 13.1. The number of anilines is 1. The van der Waals surface area contributed by atoms with Crippen molar-refractivity contribution in [2.24, 2.45) is 0 Å². The first-order valence-electron chi connectivity index (χ1n) is 10.5. The Balaban J connectivity index is 1.41. The minimum atomic E-state index is -0.836. The van der Waals surface area contributed by atoms with Crippen LogP contribution < -0.4 is 10.2 Å². The van der Waals surface area contributed by atoms with Gasteiger partial charge in [-0.2, -0.15) is 0 Å². The zero-order chi connectivity index (χ0) is 21.8. The molecule has 2 aromatic rings. The first-order chi connectivity index (χ1) is 15.0. The molecule has 1 N–H and O–H groups in total. The highest BCUT2D eigenvalue weighted by molar-refractivity contribution is 6.33. The molecule has 7 nitrogen and oxygen atoms in total. The molecule has 0 unspecified atom stereocenters. The number of piperazine rings is 2. The molecule has 3 amide bonds. The van der Waals surface area contributed by atoms with Crippen molar-refractivity contribution >= 4 is 35.0 Å². The highest BCUT2D eigenvalue weighted by Crippen LogP contribution is 2.22. The number of nitrogens with one attached hydrogen (secondary N) is 1. The van der Waals surface area contributed by atoms with Crippen molar-refractivity contribution in [3.05, 3.63) is 65.2 Å². The molecule has 8 heteroatoms. The first kappa shape index (κ1) is 21.2. The minimum Gasteiger partial charge on any atom is -0.368 e. The Morgan fingerprint density at radius 1 is 0.935 bits per heavy atom. The molecule has 2 saturated heterocycles. The first-order valence-corrected chi connectivity index (χ1v) is 10.8. The van der Waals surface area contributed by atoms with E-state index in [-0.39, 0.29) is 24.1 Å². The van der Waals surface area contributed by atoms with Crippen LogP contribution in [-0.4, -0.2) is 72.8 Å². The molecule has 1 atom stereocenters. The molecule has 0 saturated carbocycles. The van der Waals surface area contributed by atoms with E-state index < -0.39 is 6.04 Å².